The Hall–Kier alpha value is -0.570. The first kappa shape index (κ1) is 11.9. The first-order chi connectivity index (χ1) is 7.72. The van der Waals surface area contributed by atoms with E-state index >= 15 is 0 Å². The summed E-state index contributed by atoms with van der Waals surface area (Å²) in [7, 11) is 0. The number of nitrogens with one attached hydrogen (secondary N) is 1. The van der Waals surface area contributed by atoms with Crippen molar-refractivity contribution in [2.24, 2.45) is 11.8 Å². The lowest BCUT2D eigenvalue weighted by Crippen LogP contribution is -2.44. The molecule has 2 aliphatic carbocycles. The number of hydrogen-bond donors (Lipinski definition) is 1. The molecule has 0 saturated heterocycles. The standard InChI is InChI=1S/C13H24N2O/c1-3-15(4-2)9-13(16)14-12-8-10-5-6-11(12)7-10/h10-12H,3-9H2,1-2H3,(H,14,16). The predicted octanol–water partition coefficient (Wildman–Crippen LogP) is 1.63. The van der Waals surface area contributed by atoms with Gasteiger partial charge < -0.3 is 5.32 Å². The maximum absolute atomic E-state index is 11.9. The third kappa shape index (κ3) is 2.57. The smallest absolute Gasteiger partial charge is 0.234 e. The molecule has 0 heterocycles. The van der Waals surface area contributed by atoms with Crippen molar-refractivity contribution in [3.8, 4) is 0 Å². The molecule has 0 spiro atoms. The highest BCUT2D eigenvalue weighted by Crippen LogP contribution is 2.44. The third-order valence-electron chi connectivity index (χ3n) is 4.35. The van der Waals surface area contributed by atoms with Crippen molar-refractivity contribution in [1.29, 1.82) is 0 Å². The average Bonchev–Trinajstić information content (AvgIpc) is 2.87. The van der Waals surface area contributed by atoms with E-state index in [1.807, 2.05) is 0 Å². The molecule has 2 saturated carbocycles. The Balaban J connectivity index is 1.75. The molecular formula is C13H24N2O. The molecule has 2 rings (SSSR count). The first-order valence-electron chi connectivity index (χ1n) is 6.74. The Labute approximate surface area is 98.6 Å². The lowest BCUT2D eigenvalue weighted by Gasteiger charge is -2.25. The van der Waals surface area contributed by atoms with Gasteiger partial charge in [-0.3, -0.25) is 9.69 Å². The molecule has 1 N–H and O–H groups in total. The van der Waals surface area contributed by atoms with Gasteiger partial charge in [0.2, 0.25) is 5.91 Å². The number of carbonyl (C=O) groups is 1. The molecule has 0 aromatic heterocycles. The van der Waals surface area contributed by atoms with Crippen LogP contribution in [0.5, 0.6) is 0 Å². The van der Waals surface area contributed by atoms with Crippen LogP contribution in [0.3, 0.4) is 0 Å². The highest BCUT2D eigenvalue weighted by atomic mass is 16.2. The number of hydrogen-bond acceptors (Lipinski definition) is 2. The Bertz CT molecular complexity index is 250. The highest BCUT2D eigenvalue weighted by Gasteiger charge is 2.40. The van der Waals surface area contributed by atoms with Gasteiger partial charge in [0.25, 0.3) is 0 Å². The number of likely N-dealkylation sites (N-methyl/N-ethyl adjacent to an activating group) is 1. The van der Waals surface area contributed by atoms with Gasteiger partial charge in [0.1, 0.15) is 0 Å². The van der Waals surface area contributed by atoms with E-state index in [0.717, 1.165) is 24.9 Å². The van der Waals surface area contributed by atoms with Crippen LogP contribution < -0.4 is 5.32 Å². The lowest BCUT2D eigenvalue weighted by molar-refractivity contribution is -0.123. The zero-order chi connectivity index (χ0) is 11.5. The summed E-state index contributed by atoms with van der Waals surface area (Å²) in [6, 6.07) is 0.488. The second kappa shape index (κ2) is 5.17. The quantitative estimate of drug-likeness (QED) is 0.770. The summed E-state index contributed by atoms with van der Waals surface area (Å²) in [4.78, 5) is 14.0. The first-order valence-corrected chi connectivity index (χ1v) is 6.74. The summed E-state index contributed by atoms with van der Waals surface area (Å²) < 4.78 is 0. The van der Waals surface area contributed by atoms with E-state index in [4.69, 9.17) is 0 Å². The Morgan fingerprint density at radius 2 is 2.00 bits per heavy atom. The topological polar surface area (TPSA) is 32.3 Å². The van der Waals surface area contributed by atoms with Crippen LogP contribution >= 0.6 is 0 Å². The van der Waals surface area contributed by atoms with Gasteiger partial charge in [-0.2, -0.15) is 0 Å². The van der Waals surface area contributed by atoms with Gasteiger partial charge in [-0.15, -0.1) is 0 Å². The third-order valence-corrected chi connectivity index (χ3v) is 4.35. The number of rotatable bonds is 5. The minimum atomic E-state index is 0.223. The van der Waals surface area contributed by atoms with Crippen molar-refractivity contribution < 1.29 is 4.79 Å². The van der Waals surface area contributed by atoms with Gasteiger partial charge in [-0.05, 0) is 44.2 Å². The largest absolute Gasteiger partial charge is 0.352 e. The number of fused-ring (bicyclic) bond motifs is 2. The van der Waals surface area contributed by atoms with E-state index in [1.165, 1.54) is 25.7 Å². The molecule has 0 aliphatic heterocycles. The maximum atomic E-state index is 11.9. The molecule has 0 aromatic carbocycles. The second-order valence-corrected chi connectivity index (χ2v) is 5.31. The van der Waals surface area contributed by atoms with Crippen molar-refractivity contribution >= 4 is 5.91 Å². The van der Waals surface area contributed by atoms with Crippen LogP contribution in [-0.2, 0) is 4.79 Å². The summed E-state index contributed by atoms with van der Waals surface area (Å²) >= 11 is 0. The molecule has 0 radical (unpaired) electrons. The highest BCUT2D eigenvalue weighted by molar-refractivity contribution is 5.78. The van der Waals surface area contributed by atoms with Crippen molar-refractivity contribution in [3.05, 3.63) is 0 Å². The van der Waals surface area contributed by atoms with Crippen molar-refractivity contribution in [3.63, 3.8) is 0 Å². The second-order valence-electron chi connectivity index (χ2n) is 5.31. The molecular weight excluding hydrogens is 200 g/mol. The van der Waals surface area contributed by atoms with Crippen LogP contribution in [0.1, 0.15) is 39.5 Å². The van der Waals surface area contributed by atoms with Gasteiger partial charge in [0, 0.05) is 6.04 Å². The Morgan fingerprint density at radius 3 is 2.50 bits per heavy atom. The maximum Gasteiger partial charge on any atom is 0.234 e. The molecule has 2 fully saturated rings. The Morgan fingerprint density at radius 1 is 1.25 bits per heavy atom. The van der Waals surface area contributed by atoms with E-state index in [2.05, 4.69) is 24.1 Å². The van der Waals surface area contributed by atoms with E-state index < -0.39 is 0 Å². The summed E-state index contributed by atoms with van der Waals surface area (Å²) in [6.07, 6.45) is 5.32. The van der Waals surface area contributed by atoms with Gasteiger partial charge in [-0.1, -0.05) is 20.3 Å². The summed E-state index contributed by atoms with van der Waals surface area (Å²) in [5.41, 5.74) is 0. The monoisotopic (exact) mass is 224 g/mol. The molecule has 3 heteroatoms. The zero-order valence-electron chi connectivity index (χ0n) is 10.5. The fourth-order valence-corrected chi connectivity index (χ4v) is 3.32. The Kier molecular flexibility index (Phi) is 3.85. The van der Waals surface area contributed by atoms with E-state index in [0.29, 0.717) is 12.6 Å². The summed E-state index contributed by atoms with van der Waals surface area (Å²) in [6.45, 7) is 6.70. The summed E-state index contributed by atoms with van der Waals surface area (Å²) in [5.74, 6) is 1.91. The van der Waals surface area contributed by atoms with E-state index in [1.54, 1.807) is 0 Å². The zero-order valence-corrected chi connectivity index (χ0v) is 10.5. The van der Waals surface area contributed by atoms with Crippen LogP contribution in [0.15, 0.2) is 0 Å². The van der Waals surface area contributed by atoms with Crippen LogP contribution in [0.4, 0.5) is 0 Å². The molecule has 16 heavy (non-hydrogen) atoms. The minimum absolute atomic E-state index is 0.223. The van der Waals surface area contributed by atoms with Crippen molar-refractivity contribution in [1.82, 2.24) is 10.2 Å². The molecule has 2 aliphatic rings. The van der Waals surface area contributed by atoms with Gasteiger partial charge >= 0.3 is 0 Å². The van der Waals surface area contributed by atoms with Crippen molar-refractivity contribution in [2.45, 2.75) is 45.6 Å². The lowest BCUT2D eigenvalue weighted by atomic mass is 9.95. The van der Waals surface area contributed by atoms with Gasteiger partial charge in [0.15, 0.2) is 0 Å². The number of nitrogens with zero attached hydrogens (tertiary/aromatic N) is 1. The molecule has 3 atom stereocenters. The molecule has 1 amide bonds. The minimum Gasteiger partial charge on any atom is -0.352 e. The van der Waals surface area contributed by atoms with E-state index in [9.17, 15) is 4.79 Å². The SMILES string of the molecule is CCN(CC)CC(=O)NC1CC2CCC1C2. The molecule has 0 aromatic rings. The molecule has 3 nitrogen and oxygen atoms in total. The molecule has 2 bridgehead atoms. The van der Waals surface area contributed by atoms with Crippen LogP contribution in [0.2, 0.25) is 0 Å². The normalized spacial score (nSPS) is 32.3. The van der Waals surface area contributed by atoms with Crippen LogP contribution in [0.25, 0.3) is 0 Å². The predicted molar refractivity (Wildman–Crippen MR) is 65.2 cm³/mol. The molecule has 92 valence electrons. The van der Waals surface area contributed by atoms with Crippen LogP contribution in [0, 0.1) is 11.8 Å². The summed E-state index contributed by atoms with van der Waals surface area (Å²) in [5, 5.41) is 3.23. The van der Waals surface area contributed by atoms with E-state index in [-0.39, 0.29) is 5.91 Å². The average molecular weight is 224 g/mol. The van der Waals surface area contributed by atoms with Crippen LogP contribution in [-0.4, -0.2) is 36.5 Å². The van der Waals surface area contributed by atoms with Gasteiger partial charge in [0.05, 0.1) is 6.54 Å². The number of amides is 1. The fourth-order valence-electron chi connectivity index (χ4n) is 3.32. The van der Waals surface area contributed by atoms with Gasteiger partial charge in [-0.25, -0.2) is 0 Å². The number of carbonyl (C=O) groups excluding carboxylic acids is 1. The van der Waals surface area contributed by atoms with Crippen molar-refractivity contribution in [2.75, 3.05) is 19.6 Å². The fraction of sp³-hybridized carbons (Fsp3) is 0.923. The molecule has 3 unspecified atom stereocenters.